The van der Waals surface area contributed by atoms with Gasteiger partial charge in [0, 0.05) is 49.5 Å². The first kappa shape index (κ1) is 22.4. The van der Waals surface area contributed by atoms with E-state index in [-0.39, 0.29) is 28.9 Å². The largest absolute Gasteiger partial charge is 0.416 e. The van der Waals surface area contributed by atoms with Crippen molar-refractivity contribution in [3.63, 3.8) is 0 Å². The Hall–Kier alpha value is -3.33. The highest BCUT2D eigenvalue weighted by atomic mass is 19.4. The molecule has 0 spiro atoms. The van der Waals surface area contributed by atoms with Crippen LogP contribution in [0.5, 0.6) is 0 Å². The molecule has 0 bridgehead atoms. The fourth-order valence-electron chi connectivity index (χ4n) is 3.42. The lowest BCUT2D eigenvalue weighted by molar-refractivity contribution is -0.138. The fourth-order valence-corrected chi connectivity index (χ4v) is 3.42. The number of likely N-dealkylation sites (N-methyl/N-ethyl adjacent to an activating group) is 1. The van der Waals surface area contributed by atoms with Crippen molar-refractivity contribution < 1.29 is 18.0 Å². The standard InChI is InChI=1S/C23H21F3N4O/c1-3-16-10-17(14-27)12-20(11-16)28-22(31)18-4-5-19(21(13-18)23(24,25)26)15-30-8-6-29(2)7-9-30/h1,4-5,10-13H,6-9,15H2,2H3,(H,28,31). The van der Waals surface area contributed by atoms with Crippen molar-refractivity contribution in [3.8, 4) is 18.4 Å². The Morgan fingerprint density at radius 2 is 1.81 bits per heavy atom. The monoisotopic (exact) mass is 426 g/mol. The van der Waals surface area contributed by atoms with Crippen LogP contribution in [0.4, 0.5) is 18.9 Å². The predicted molar refractivity (Wildman–Crippen MR) is 111 cm³/mol. The molecule has 1 fully saturated rings. The number of halogens is 3. The number of piperazine rings is 1. The summed E-state index contributed by atoms with van der Waals surface area (Å²) in [6.45, 7) is 3.12. The minimum Gasteiger partial charge on any atom is -0.322 e. The van der Waals surface area contributed by atoms with E-state index in [9.17, 15) is 18.0 Å². The van der Waals surface area contributed by atoms with E-state index in [1.807, 2.05) is 18.0 Å². The number of hydrogen-bond acceptors (Lipinski definition) is 4. The van der Waals surface area contributed by atoms with E-state index in [4.69, 9.17) is 11.7 Å². The van der Waals surface area contributed by atoms with Crippen molar-refractivity contribution in [1.82, 2.24) is 9.80 Å². The van der Waals surface area contributed by atoms with Crippen LogP contribution in [0.15, 0.2) is 36.4 Å². The van der Waals surface area contributed by atoms with Crippen LogP contribution in [0.25, 0.3) is 0 Å². The summed E-state index contributed by atoms with van der Waals surface area (Å²) in [4.78, 5) is 16.7. The first-order valence-corrected chi connectivity index (χ1v) is 9.64. The maximum atomic E-state index is 13.7. The molecule has 31 heavy (non-hydrogen) atoms. The molecule has 1 aliphatic heterocycles. The first-order valence-electron chi connectivity index (χ1n) is 9.64. The van der Waals surface area contributed by atoms with E-state index >= 15 is 0 Å². The molecule has 2 aromatic rings. The lowest BCUT2D eigenvalue weighted by Crippen LogP contribution is -2.44. The van der Waals surface area contributed by atoms with Crippen LogP contribution in [-0.4, -0.2) is 48.9 Å². The lowest BCUT2D eigenvalue weighted by atomic mass is 10.0. The maximum absolute atomic E-state index is 13.7. The third-order valence-electron chi connectivity index (χ3n) is 5.15. The van der Waals surface area contributed by atoms with E-state index in [0.717, 1.165) is 19.2 Å². The van der Waals surface area contributed by atoms with E-state index < -0.39 is 17.6 Å². The van der Waals surface area contributed by atoms with Gasteiger partial charge >= 0.3 is 6.18 Å². The Kier molecular flexibility index (Phi) is 6.65. The van der Waals surface area contributed by atoms with Crippen LogP contribution in [0, 0.1) is 23.7 Å². The molecule has 0 radical (unpaired) electrons. The Bertz CT molecular complexity index is 1030. The Labute approximate surface area is 179 Å². The number of nitrogens with zero attached hydrogens (tertiary/aromatic N) is 3. The SMILES string of the molecule is C#Cc1cc(C#N)cc(NC(=O)c2ccc(CN3CCN(C)CC3)c(C(F)(F)F)c2)c1. The molecular weight excluding hydrogens is 405 g/mol. The van der Waals surface area contributed by atoms with Crippen LogP contribution < -0.4 is 5.32 Å². The number of anilines is 1. The number of hydrogen-bond donors (Lipinski definition) is 1. The quantitative estimate of drug-likeness (QED) is 0.760. The second-order valence-corrected chi connectivity index (χ2v) is 7.46. The minimum atomic E-state index is -4.59. The molecule has 1 aliphatic rings. The summed E-state index contributed by atoms with van der Waals surface area (Å²) in [5.74, 6) is 1.66. The van der Waals surface area contributed by atoms with Crippen LogP contribution in [0.3, 0.4) is 0 Å². The Morgan fingerprint density at radius 1 is 1.13 bits per heavy atom. The third kappa shape index (κ3) is 5.64. The summed E-state index contributed by atoms with van der Waals surface area (Å²) in [5.41, 5.74) is 0.0483. The second kappa shape index (κ2) is 9.22. The van der Waals surface area contributed by atoms with Crippen LogP contribution in [0.2, 0.25) is 0 Å². The van der Waals surface area contributed by atoms with Gasteiger partial charge in [-0.1, -0.05) is 12.0 Å². The van der Waals surface area contributed by atoms with Crippen molar-refractivity contribution in [2.24, 2.45) is 0 Å². The molecule has 0 aromatic heterocycles. The zero-order chi connectivity index (χ0) is 22.6. The lowest BCUT2D eigenvalue weighted by Gasteiger charge is -2.33. The number of rotatable bonds is 4. The summed E-state index contributed by atoms with van der Waals surface area (Å²) >= 11 is 0. The summed E-state index contributed by atoms with van der Waals surface area (Å²) in [5, 5.41) is 11.6. The Morgan fingerprint density at radius 3 is 2.42 bits per heavy atom. The second-order valence-electron chi connectivity index (χ2n) is 7.46. The molecule has 1 saturated heterocycles. The van der Waals surface area contributed by atoms with Crippen molar-refractivity contribution in [2.75, 3.05) is 38.5 Å². The average molecular weight is 426 g/mol. The molecule has 2 aromatic carbocycles. The van der Waals surface area contributed by atoms with Crippen molar-refractivity contribution in [1.29, 1.82) is 5.26 Å². The van der Waals surface area contributed by atoms with Gasteiger partial charge in [-0.05, 0) is 42.9 Å². The zero-order valence-electron chi connectivity index (χ0n) is 17.0. The highest BCUT2D eigenvalue weighted by Gasteiger charge is 2.34. The van der Waals surface area contributed by atoms with Gasteiger partial charge in [-0.15, -0.1) is 6.42 Å². The molecule has 8 heteroatoms. The number of terminal acetylenes is 1. The minimum absolute atomic E-state index is 0.126. The molecule has 1 N–H and O–H groups in total. The smallest absolute Gasteiger partial charge is 0.322 e. The molecule has 0 aliphatic carbocycles. The van der Waals surface area contributed by atoms with Crippen molar-refractivity contribution >= 4 is 11.6 Å². The molecule has 5 nitrogen and oxygen atoms in total. The predicted octanol–water partition coefficient (Wildman–Crippen LogP) is 3.56. The van der Waals surface area contributed by atoms with E-state index in [1.54, 1.807) is 0 Å². The first-order chi connectivity index (χ1) is 14.7. The number of carbonyl (C=O) groups excluding carboxylic acids is 1. The summed E-state index contributed by atoms with van der Waals surface area (Å²) < 4.78 is 41.1. The molecule has 1 heterocycles. The molecule has 0 saturated carbocycles. The summed E-state index contributed by atoms with van der Waals surface area (Å²) in [6, 6.07) is 9.90. The normalized spacial score (nSPS) is 15.2. The zero-order valence-corrected chi connectivity index (χ0v) is 17.0. The summed E-state index contributed by atoms with van der Waals surface area (Å²) in [7, 11) is 1.98. The van der Waals surface area contributed by atoms with E-state index in [0.29, 0.717) is 18.7 Å². The van der Waals surface area contributed by atoms with E-state index in [2.05, 4.69) is 16.1 Å². The number of carbonyl (C=O) groups is 1. The van der Waals surface area contributed by atoms with Gasteiger partial charge in [-0.2, -0.15) is 18.4 Å². The molecule has 1 amide bonds. The Balaban J connectivity index is 1.84. The molecular formula is C23H21F3N4O. The topological polar surface area (TPSA) is 59.4 Å². The van der Waals surface area contributed by atoms with Crippen LogP contribution in [-0.2, 0) is 12.7 Å². The van der Waals surface area contributed by atoms with Crippen LogP contribution >= 0.6 is 0 Å². The number of nitriles is 1. The van der Waals surface area contributed by atoms with Gasteiger partial charge in [0.15, 0.2) is 0 Å². The maximum Gasteiger partial charge on any atom is 0.416 e. The van der Waals surface area contributed by atoms with Crippen LogP contribution in [0.1, 0.15) is 32.6 Å². The number of benzene rings is 2. The fraction of sp³-hybridized carbons (Fsp3) is 0.304. The number of alkyl halides is 3. The van der Waals surface area contributed by atoms with E-state index in [1.165, 1.54) is 30.3 Å². The van der Waals surface area contributed by atoms with Gasteiger partial charge in [0.2, 0.25) is 0 Å². The number of nitrogens with one attached hydrogen (secondary N) is 1. The van der Waals surface area contributed by atoms with Crippen molar-refractivity contribution in [2.45, 2.75) is 12.7 Å². The molecule has 0 unspecified atom stereocenters. The molecule has 3 rings (SSSR count). The van der Waals surface area contributed by atoms with Gasteiger partial charge < -0.3 is 10.2 Å². The molecule has 160 valence electrons. The summed E-state index contributed by atoms with van der Waals surface area (Å²) in [6.07, 6.45) is 0.762. The van der Waals surface area contributed by atoms with Gasteiger partial charge in [0.1, 0.15) is 0 Å². The highest BCUT2D eigenvalue weighted by Crippen LogP contribution is 2.33. The van der Waals surface area contributed by atoms with Gasteiger partial charge in [-0.3, -0.25) is 9.69 Å². The van der Waals surface area contributed by atoms with Crippen molar-refractivity contribution in [3.05, 3.63) is 64.2 Å². The van der Waals surface area contributed by atoms with Gasteiger partial charge in [0.05, 0.1) is 17.2 Å². The van der Waals surface area contributed by atoms with Gasteiger partial charge in [-0.25, -0.2) is 0 Å². The third-order valence-corrected chi connectivity index (χ3v) is 5.15. The average Bonchev–Trinajstić information content (AvgIpc) is 2.74. The highest BCUT2D eigenvalue weighted by molar-refractivity contribution is 6.04. The van der Waals surface area contributed by atoms with Gasteiger partial charge in [0.25, 0.3) is 5.91 Å². The molecule has 0 atom stereocenters. The number of amides is 1.